The molecular weight excluding hydrogens is 398 g/mol. The second-order valence-electron chi connectivity index (χ2n) is 5.28. The van der Waals surface area contributed by atoms with Crippen molar-refractivity contribution < 1.29 is 31.1 Å². The molecule has 0 heterocycles. The molecule has 0 aliphatic rings. The van der Waals surface area contributed by atoms with E-state index in [1.54, 1.807) is 24.3 Å². The van der Waals surface area contributed by atoms with Crippen molar-refractivity contribution in [2.45, 2.75) is 12.4 Å². The van der Waals surface area contributed by atoms with E-state index in [0.29, 0.717) is 22.7 Å². The molecule has 3 nitrogen and oxygen atoms in total. The molecule has 0 unspecified atom stereocenters. The lowest BCUT2D eigenvalue weighted by atomic mass is 10.1. The second kappa shape index (κ2) is 7.91. The Hall–Kier alpha value is -2.68. The monoisotopic (exact) mass is 408 g/mol. The largest absolute Gasteiger partial charge is 0.416 e. The van der Waals surface area contributed by atoms with Gasteiger partial charge in [0.2, 0.25) is 0 Å². The number of anilines is 1. The Balaban J connectivity index is 2.14. The first-order valence-electron chi connectivity index (χ1n) is 7.24. The van der Waals surface area contributed by atoms with Gasteiger partial charge in [0.05, 0.1) is 11.1 Å². The van der Waals surface area contributed by atoms with Gasteiger partial charge in [-0.2, -0.15) is 26.3 Å². The van der Waals surface area contributed by atoms with Crippen LogP contribution >= 0.6 is 11.6 Å². The molecule has 0 saturated carbocycles. The summed E-state index contributed by atoms with van der Waals surface area (Å²) in [5.41, 5.74) is -3.07. The van der Waals surface area contributed by atoms with E-state index in [4.69, 9.17) is 11.6 Å². The summed E-state index contributed by atoms with van der Waals surface area (Å²) in [5, 5.41) is 4.57. The normalized spacial score (nSPS) is 12.3. The third kappa shape index (κ3) is 6.21. The van der Waals surface area contributed by atoms with Crippen LogP contribution in [0.4, 0.5) is 36.8 Å². The van der Waals surface area contributed by atoms with E-state index in [1.165, 1.54) is 12.3 Å². The van der Waals surface area contributed by atoms with Crippen molar-refractivity contribution in [2.24, 2.45) is 0 Å². The van der Waals surface area contributed by atoms with Crippen molar-refractivity contribution in [1.29, 1.82) is 0 Å². The van der Waals surface area contributed by atoms with Gasteiger partial charge in [-0.05, 0) is 42.0 Å². The fourth-order valence-corrected chi connectivity index (χ4v) is 2.22. The van der Waals surface area contributed by atoms with Crippen molar-refractivity contribution in [3.8, 4) is 0 Å². The van der Waals surface area contributed by atoms with Crippen LogP contribution in [0, 0.1) is 0 Å². The Kier molecular flexibility index (Phi) is 6.04. The summed E-state index contributed by atoms with van der Waals surface area (Å²) in [4.78, 5) is 11.7. The van der Waals surface area contributed by atoms with Crippen molar-refractivity contribution in [3.05, 3.63) is 70.4 Å². The molecule has 144 valence electrons. The van der Waals surface area contributed by atoms with E-state index >= 15 is 0 Å². The molecule has 2 N–H and O–H groups in total. The van der Waals surface area contributed by atoms with Crippen LogP contribution in [-0.4, -0.2) is 6.03 Å². The van der Waals surface area contributed by atoms with Crippen LogP contribution < -0.4 is 10.6 Å². The highest BCUT2D eigenvalue weighted by Crippen LogP contribution is 2.37. The van der Waals surface area contributed by atoms with E-state index in [1.807, 2.05) is 5.32 Å². The Labute approximate surface area is 154 Å². The van der Waals surface area contributed by atoms with Crippen LogP contribution in [0.1, 0.15) is 16.7 Å². The molecule has 10 heteroatoms. The van der Waals surface area contributed by atoms with Crippen LogP contribution in [0.15, 0.2) is 48.7 Å². The van der Waals surface area contributed by atoms with Crippen molar-refractivity contribution in [2.75, 3.05) is 5.32 Å². The van der Waals surface area contributed by atoms with Crippen molar-refractivity contribution in [1.82, 2.24) is 5.32 Å². The van der Waals surface area contributed by atoms with Crippen LogP contribution in [-0.2, 0) is 12.4 Å². The van der Waals surface area contributed by atoms with E-state index in [9.17, 15) is 31.1 Å². The smallest absolute Gasteiger partial charge is 0.314 e. The first-order chi connectivity index (χ1) is 12.4. The summed E-state index contributed by atoms with van der Waals surface area (Å²) in [6.07, 6.45) is -7.39. The van der Waals surface area contributed by atoms with Crippen molar-refractivity contribution in [3.63, 3.8) is 0 Å². The average Bonchev–Trinajstić information content (AvgIpc) is 2.53. The van der Waals surface area contributed by atoms with Gasteiger partial charge < -0.3 is 10.6 Å². The Morgan fingerprint density at radius 2 is 1.52 bits per heavy atom. The fraction of sp³-hybridized carbons (Fsp3) is 0.118. The zero-order chi connectivity index (χ0) is 20.2. The number of hydrogen-bond donors (Lipinski definition) is 2. The highest BCUT2D eigenvalue weighted by molar-refractivity contribution is 6.30. The maximum absolute atomic E-state index is 12.8. The second-order valence-corrected chi connectivity index (χ2v) is 5.72. The Morgan fingerprint density at radius 1 is 0.926 bits per heavy atom. The molecule has 0 aliphatic carbocycles. The van der Waals surface area contributed by atoms with Gasteiger partial charge >= 0.3 is 18.4 Å². The maximum atomic E-state index is 12.8. The zero-order valence-electron chi connectivity index (χ0n) is 13.3. The topological polar surface area (TPSA) is 41.1 Å². The van der Waals surface area contributed by atoms with Crippen LogP contribution in [0.2, 0.25) is 5.02 Å². The first kappa shape index (κ1) is 20.6. The van der Waals surface area contributed by atoms with E-state index < -0.39 is 35.2 Å². The molecule has 2 aromatic carbocycles. The molecule has 2 amide bonds. The summed E-state index contributed by atoms with van der Waals surface area (Å²) in [6, 6.07) is 6.33. The highest BCUT2D eigenvalue weighted by atomic mass is 35.5. The summed E-state index contributed by atoms with van der Waals surface area (Å²) >= 11 is 5.78. The minimum absolute atomic E-state index is 0.0257. The molecule has 0 saturated heterocycles. The molecule has 0 radical (unpaired) electrons. The predicted molar refractivity (Wildman–Crippen MR) is 89.1 cm³/mol. The van der Waals surface area contributed by atoms with Crippen LogP contribution in [0.25, 0.3) is 6.08 Å². The third-order valence-electron chi connectivity index (χ3n) is 3.18. The lowest BCUT2D eigenvalue weighted by Crippen LogP contribution is -2.24. The number of carbonyl (C=O) groups excluding carboxylic acids is 1. The molecule has 2 aromatic rings. The van der Waals surface area contributed by atoms with Gasteiger partial charge in [0, 0.05) is 16.9 Å². The third-order valence-corrected chi connectivity index (χ3v) is 3.42. The van der Waals surface area contributed by atoms with Gasteiger partial charge in [0.1, 0.15) is 0 Å². The standard InChI is InChI=1S/C17H11ClF6N2O/c18-13-3-1-2-10(6-13)4-5-25-15(27)26-14-8-11(16(19,20)21)7-12(9-14)17(22,23)24/h1-9H,(H2,25,26,27)/b5-4+. The zero-order valence-corrected chi connectivity index (χ0v) is 14.0. The van der Waals surface area contributed by atoms with Gasteiger partial charge in [-0.15, -0.1) is 0 Å². The highest BCUT2D eigenvalue weighted by Gasteiger charge is 2.37. The molecule has 0 aromatic heterocycles. The molecule has 27 heavy (non-hydrogen) atoms. The summed E-state index contributed by atoms with van der Waals surface area (Å²) in [5.74, 6) is 0. The molecule has 2 rings (SSSR count). The number of rotatable bonds is 3. The molecule has 0 fully saturated rings. The van der Waals surface area contributed by atoms with Crippen LogP contribution in [0.3, 0.4) is 0 Å². The quantitative estimate of drug-likeness (QED) is 0.586. The first-order valence-corrected chi connectivity index (χ1v) is 7.62. The Bertz CT molecular complexity index is 829. The minimum Gasteiger partial charge on any atom is -0.314 e. The summed E-state index contributed by atoms with van der Waals surface area (Å²) in [6.45, 7) is 0. The fourth-order valence-electron chi connectivity index (χ4n) is 2.02. The van der Waals surface area contributed by atoms with Gasteiger partial charge in [-0.25, -0.2) is 4.79 Å². The van der Waals surface area contributed by atoms with Gasteiger partial charge in [-0.1, -0.05) is 23.7 Å². The minimum atomic E-state index is -5.00. The average molecular weight is 409 g/mol. The van der Waals surface area contributed by atoms with Gasteiger partial charge in [0.15, 0.2) is 0 Å². The number of benzene rings is 2. The van der Waals surface area contributed by atoms with E-state index in [2.05, 4.69) is 5.32 Å². The number of amides is 2. The van der Waals surface area contributed by atoms with Gasteiger partial charge in [0.25, 0.3) is 0 Å². The molecule has 0 aliphatic heterocycles. The maximum Gasteiger partial charge on any atom is 0.416 e. The van der Waals surface area contributed by atoms with Gasteiger partial charge in [-0.3, -0.25) is 0 Å². The lowest BCUT2D eigenvalue weighted by molar-refractivity contribution is -0.143. The lowest BCUT2D eigenvalue weighted by Gasteiger charge is -2.14. The summed E-state index contributed by atoms with van der Waals surface area (Å²) in [7, 11) is 0. The number of urea groups is 1. The molecule has 0 atom stereocenters. The predicted octanol–water partition coefficient (Wildman–Crippen LogP) is 6.17. The van der Waals surface area contributed by atoms with E-state index in [-0.39, 0.29) is 6.07 Å². The number of nitrogens with one attached hydrogen (secondary N) is 2. The summed E-state index contributed by atoms with van der Waals surface area (Å²) < 4.78 is 76.7. The number of hydrogen-bond acceptors (Lipinski definition) is 1. The SMILES string of the molecule is O=C(N/C=C/c1cccc(Cl)c1)Nc1cc(C(F)(F)F)cc(C(F)(F)F)c1. The molecule has 0 bridgehead atoms. The van der Waals surface area contributed by atoms with Crippen LogP contribution in [0.5, 0.6) is 0 Å². The van der Waals surface area contributed by atoms with E-state index in [0.717, 1.165) is 0 Å². The number of halogens is 7. The number of alkyl halides is 6. The molecule has 0 spiro atoms. The van der Waals surface area contributed by atoms with Crippen molar-refractivity contribution >= 4 is 29.4 Å². The Morgan fingerprint density at radius 3 is 2.04 bits per heavy atom. The number of carbonyl (C=O) groups is 1. The molecular formula is C17H11ClF6N2O.